The minimum absolute atomic E-state index is 0.0384. The number of aromatic nitrogens is 5. The zero-order valence-corrected chi connectivity index (χ0v) is 29.2. The van der Waals surface area contributed by atoms with Crippen molar-refractivity contribution in [3.05, 3.63) is 117 Å². The van der Waals surface area contributed by atoms with Gasteiger partial charge in [0.15, 0.2) is 5.65 Å². The Hall–Kier alpha value is -5.07. The van der Waals surface area contributed by atoms with Gasteiger partial charge in [0.25, 0.3) is 11.5 Å². The number of halogens is 1. The van der Waals surface area contributed by atoms with Crippen molar-refractivity contribution in [2.24, 2.45) is 0 Å². The summed E-state index contributed by atoms with van der Waals surface area (Å²) in [7, 11) is 0. The molecule has 2 aliphatic carbocycles. The van der Waals surface area contributed by atoms with E-state index in [0.29, 0.717) is 31.4 Å². The first-order valence-corrected chi connectivity index (χ1v) is 18.5. The lowest BCUT2D eigenvalue weighted by atomic mass is 9.90. The molecular formula is C40H43FN8O3. The van der Waals surface area contributed by atoms with Crippen molar-refractivity contribution in [3.8, 4) is 16.8 Å². The summed E-state index contributed by atoms with van der Waals surface area (Å²) in [6.45, 7) is 5.38. The predicted molar refractivity (Wildman–Crippen MR) is 197 cm³/mol. The molecule has 1 aliphatic heterocycles. The lowest BCUT2D eigenvalue weighted by Gasteiger charge is -2.38. The quantitative estimate of drug-likeness (QED) is 0.237. The van der Waals surface area contributed by atoms with Crippen LogP contribution in [0.25, 0.3) is 27.8 Å². The average Bonchev–Trinajstić information content (AvgIpc) is 3.72. The van der Waals surface area contributed by atoms with E-state index >= 15 is 0 Å². The van der Waals surface area contributed by atoms with E-state index in [1.165, 1.54) is 59.0 Å². The lowest BCUT2D eigenvalue weighted by Crippen LogP contribution is -2.49. The maximum absolute atomic E-state index is 14.5. The number of fused-ring (bicyclic) bond motifs is 1. The molecular weight excluding hydrogens is 659 g/mol. The van der Waals surface area contributed by atoms with Crippen LogP contribution in [-0.2, 0) is 6.54 Å². The number of hydrogen-bond donors (Lipinski definition) is 1. The summed E-state index contributed by atoms with van der Waals surface area (Å²) >= 11 is 0. The summed E-state index contributed by atoms with van der Waals surface area (Å²) in [4.78, 5) is 58.3. The van der Waals surface area contributed by atoms with Gasteiger partial charge in [-0.1, -0.05) is 49.2 Å². The summed E-state index contributed by atoms with van der Waals surface area (Å²) < 4.78 is 17.2. The van der Waals surface area contributed by atoms with Gasteiger partial charge in [-0.3, -0.25) is 28.9 Å². The Kier molecular flexibility index (Phi) is 9.74. The van der Waals surface area contributed by atoms with E-state index in [0.717, 1.165) is 62.2 Å². The van der Waals surface area contributed by atoms with E-state index in [1.807, 2.05) is 24.3 Å². The van der Waals surface area contributed by atoms with Crippen LogP contribution in [-0.4, -0.2) is 78.1 Å². The van der Waals surface area contributed by atoms with Crippen molar-refractivity contribution in [2.75, 3.05) is 26.2 Å². The third-order valence-corrected chi connectivity index (χ3v) is 11.1. The van der Waals surface area contributed by atoms with Crippen LogP contribution in [0.1, 0.15) is 73.5 Å². The van der Waals surface area contributed by atoms with Gasteiger partial charge in [0, 0.05) is 63.2 Å². The molecule has 4 heterocycles. The molecule has 0 radical (unpaired) electrons. The molecule has 268 valence electrons. The Morgan fingerprint density at radius 1 is 0.808 bits per heavy atom. The number of benzene rings is 2. The van der Waals surface area contributed by atoms with Crippen LogP contribution in [0.5, 0.6) is 0 Å². The molecule has 1 saturated heterocycles. The SMILES string of the molecule is O=C(NC1CCC(n2c(=O)c3cc(F)cnc3n(-c3cccc(-c4ccc(CN5CCN(C6CCCC6)CC5)cc4)c3)c2=O)CC1)c1cnccn1. The van der Waals surface area contributed by atoms with Gasteiger partial charge >= 0.3 is 5.69 Å². The van der Waals surface area contributed by atoms with Crippen LogP contribution < -0.4 is 16.6 Å². The van der Waals surface area contributed by atoms with Crippen molar-refractivity contribution in [2.45, 2.75) is 76.0 Å². The van der Waals surface area contributed by atoms with E-state index in [9.17, 15) is 18.8 Å². The Balaban J connectivity index is 1.02. The molecule has 0 unspecified atom stereocenters. The minimum Gasteiger partial charge on any atom is -0.348 e. The van der Waals surface area contributed by atoms with Crippen LogP contribution in [0.15, 0.2) is 89.0 Å². The van der Waals surface area contributed by atoms with Crippen LogP contribution in [0, 0.1) is 5.82 Å². The zero-order chi connectivity index (χ0) is 35.6. The van der Waals surface area contributed by atoms with Gasteiger partial charge in [0.2, 0.25) is 0 Å². The fourth-order valence-electron chi connectivity index (χ4n) is 8.33. The number of carbonyl (C=O) groups is 1. The van der Waals surface area contributed by atoms with E-state index in [2.05, 4.69) is 54.3 Å². The molecule has 2 aromatic carbocycles. The van der Waals surface area contributed by atoms with Crippen molar-refractivity contribution in [1.82, 2.24) is 39.2 Å². The maximum atomic E-state index is 14.5. The molecule has 1 amide bonds. The smallest absolute Gasteiger partial charge is 0.337 e. The van der Waals surface area contributed by atoms with E-state index in [1.54, 1.807) is 0 Å². The van der Waals surface area contributed by atoms with Gasteiger partial charge in [0.1, 0.15) is 11.5 Å². The van der Waals surface area contributed by atoms with Gasteiger partial charge in [-0.25, -0.2) is 23.7 Å². The Labute approximate surface area is 301 Å². The summed E-state index contributed by atoms with van der Waals surface area (Å²) in [5.74, 6) is -0.966. The molecule has 3 aliphatic rings. The first-order valence-electron chi connectivity index (χ1n) is 18.5. The fourth-order valence-corrected chi connectivity index (χ4v) is 8.33. The number of carbonyl (C=O) groups excluding carboxylic acids is 1. The number of piperazine rings is 1. The van der Waals surface area contributed by atoms with Gasteiger partial charge in [0.05, 0.1) is 23.5 Å². The molecule has 5 aromatic rings. The molecule has 12 heteroatoms. The largest absolute Gasteiger partial charge is 0.348 e. The number of hydrogen-bond acceptors (Lipinski definition) is 8. The Morgan fingerprint density at radius 2 is 1.58 bits per heavy atom. The minimum atomic E-state index is -0.652. The van der Waals surface area contributed by atoms with E-state index in [4.69, 9.17) is 0 Å². The molecule has 8 rings (SSSR count). The number of nitrogens with one attached hydrogen (secondary N) is 1. The normalized spacial score (nSPS) is 20.3. The molecule has 0 atom stereocenters. The average molecular weight is 703 g/mol. The first kappa shape index (κ1) is 34.0. The van der Waals surface area contributed by atoms with Crippen molar-refractivity contribution in [3.63, 3.8) is 0 Å². The second-order valence-electron chi connectivity index (χ2n) is 14.4. The van der Waals surface area contributed by atoms with Crippen molar-refractivity contribution >= 4 is 16.9 Å². The van der Waals surface area contributed by atoms with Crippen LogP contribution in [0.4, 0.5) is 4.39 Å². The highest BCUT2D eigenvalue weighted by Crippen LogP contribution is 2.29. The van der Waals surface area contributed by atoms with Crippen LogP contribution >= 0.6 is 0 Å². The molecule has 11 nitrogen and oxygen atoms in total. The Morgan fingerprint density at radius 3 is 2.31 bits per heavy atom. The van der Waals surface area contributed by atoms with Gasteiger partial charge < -0.3 is 5.32 Å². The third-order valence-electron chi connectivity index (χ3n) is 11.1. The zero-order valence-electron chi connectivity index (χ0n) is 29.2. The summed E-state index contributed by atoms with van der Waals surface area (Å²) in [5, 5.41) is 3.03. The summed E-state index contributed by atoms with van der Waals surface area (Å²) in [6, 6.07) is 17.5. The van der Waals surface area contributed by atoms with Gasteiger partial charge in [-0.05, 0) is 73.4 Å². The van der Waals surface area contributed by atoms with Gasteiger partial charge in [-0.15, -0.1) is 0 Å². The van der Waals surface area contributed by atoms with Crippen molar-refractivity contribution in [1.29, 1.82) is 0 Å². The van der Waals surface area contributed by atoms with Crippen molar-refractivity contribution < 1.29 is 9.18 Å². The first-order chi connectivity index (χ1) is 25.4. The summed E-state index contributed by atoms with van der Waals surface area (Å²) in [5.41, 5.74) is 2.96. The molecule has 0 spiro atoms. The molecule has 3 aromatic heterocycles. The van der Waals surface area contributed by atoms with Gasteiger partial charge in [-0.2, -0.15) is 0 Å². The van der Waals surface area contributed by atoms with E-state index < -0.39 is 23.1 Å². The molecule has 2 saturated carbocycles. The number of pyridine rings is 1. The fraction of sp³-hybridized carbons (Fsp3) is 0.400. The molecule has 52 heavy (non-hydrogen) atoms. The third kappa shape index (κ3) is 7.05. The topological polar surface area (TPSA) is 118 Å². The van der Waals surface area contributed by atoms with E-state index in [-0.39, 0.29) is 28.7 Å². The highest BCUT2D eigenvalue weighted by atomic mass is 19.1. The number of rotatable bonds is 8. The molecule has 0 bridgehead atoms. The molecule has 3 fully saturated rings. The number of nitrogens with zero attached hydrogens (tertiary/aromatic N) is 7. The van der Waals surface area contributed by atoms with Crippen LogP contribution in [0.2, 0.25) is 0 Å². The number of amides is 1. The monoisotopic (exact) mass is 702 g/mol. The predicted octanol–water partition coefficient (Wildman–Crippen LogP) is 5.12. The maximum Gasteiger partial charge on any atom is 0.337 e. The highest BCUT2D eigenvalue weighted by molar-refractivity contribution is 5.92. The lowest BCUT2D eigenvalue weighted by molar-refractivity contribution is 0.0916. The summed E-state index contributed by atoms with van der Waals surface area (Å²) in [6.07, 6.45) is 12.9. The second-order valence-corrected chi connectivity index (χ2v) is 14.4. The standard InChI is InChI=1S/C40H43FN8O3/c41-30-23-35-37(44-24-30)48(40(52)49(39(35)51)33-14-12-31(13-15-33)45-38(50)36-25-42-16-17-43-36)34-7-3-4-29(22-34)28-10-8-27(9-11-28)26-46-18-20-47(21-19-46)32-5-1-2-6-32/h3-4,7-11,16-17,22-25,31-33H,1-2,5-6,12-15,18-21,26H2,(H,45,50). The molecule has 1 N–H and O–H groups in total. The van der Waals surface area contributed by atoms with Crippen LogP contribution in [0.3, 0.4) is 0 Å². The highest BCUT2D eigenvalue weighted by Gasteiger charge is 2.29. The second kappa shape index (κ2) is 14.9. The Bertz CT molecular complexity index is 2170.